The van der Waals surface area contributed by atoms with E-state index in [0.29, 0.717) is 11.8 Å². The molecule has 0 bridgehead atoms. The molecule has 3 aromatic heterocycles. The largest absolute Gasteiger partial charge is 0.481 e. The van der Waals surface area contributed by atoms with Crippen molar-refractivity contribution in [3.63, 3.8) is 0 Å². The third kappa shape index (κ3) is 3.93. The van der Waals surface area contributed by atoms with Crippen LogP contribution >= 0.6 is 0 Å². The van der Waals surface area contributed by atoms with Gasteiger partial charge in [-0.2, -0.15) is 4.98 Å². The molecular weight excluding hydrogens is 409 g/mol. The number of nitrogens with one attached hydrogen (secondary N) is 1. The van der Waals surface area contributed by atoms with Gasteiger partial charge in [-0.15, -0.1) is 5.10 Å². The number of hydrogen-bond donors (Lipinski definition) is 1. The Kier molecular flexibility index (Phi) is 5.30. The molecule has 0 atom stereocenters. The van der Waals surface area contributed by atoms with Gasteiger partial charge in [0.1, 0.15) is 18.0 Å². The van der Waals surface area contributed by atoms with Gasteiger partial charge >= 0.3 is 0 Å². The average molecular weight is 433 g/mol. The Bertz CT molecular complexity index is 1250. The maximum Gasteiger partial charge on any atom is 0.243 e. The first-order valence-electron chi connectivity index (χ1n) is 10.6. The van der Waals surface area contributed by atoms with Crippen molar-refractivity contribution in [3.05, 3.63) is 60.3 Å². The minimum absolute atomic E-state index is 0.242. The highest BCUT2D eigenvalue weighted by atomic mass is 19.1. The van der Waals surface area contributed by atoms with E-state index in [1.807, 2.05) is 31.3 Å². The number of benzene rings is 1. The molecule has 1 aliphatic rings. The molecule has 0 spiro atoms. The summed E-state index contributed by atoms with van der Waals surface area (Å²) in [6, 6.07) is 10.8. The van der Waals surface area contributed by atoms with E-state index in [-0.39, 0.29) is 11.9 Å². The number of halogens is 1. The third-order valence-electron chi connectivity index (χ3n) is 5.83. The molecule has 1 aliphatic heterocycles. The summed E-state index contributed by atoms with van der Waals surface area (Å²) in [4.78, 5) is 15.4. The van der Waals surface area contributed by atoms with Gasteiger partial charge in [0.2, 0.25) is 11.8 Å². The fourth-order valence-corrected chi connectivity index (χ4v) is 4.16. The van der Waals surface area contributed by atoms with Crippen molar-refractivity contribution >= 4 is 17.4 Å². The van der Waals surface area contributed by atoms with E-state index in [4.69, 9.17) is 9.72 Å². The molecule has 0 radical (unpaired) electrons. The zero-order valence-corrected chi connectivity index (χ0v) is 18.0. The molecular formula is C23H24FN7O. The first-order valence-corrected chi connectivity index (χ1v) is 10.6. The Hall–Kier alpha value is -3.75. The predicted molar refractivity (Wildman–Crippen MR) is 121 cm³/mol. The Balaban J connectivity index is 1.31. The summed E-state index contributed by atoms with van der Waals surface area (Å²) in [5, 5.41) is 8.09. The van der Waals surface area contributed by atoms with Crippen molar-refractivity contribution in [2.45, 2.75) is 25.8 Å². The molecule has 8 nitrogen and oxygen atoms in total. The Morgan fingerprint density at radius 3 is 2.72 bits per heavy atom. The normalized spacial score (nSPS) is 14.7. The molecule has 1 fully saturated rings. The lowest BCUT2D eigenvalue weighted by atomic mass is 10.0. The Morgan fingerprint density at radius 1 is 1.09 bits per heavy atom. The number of hydrogen-bond acceptors (Lipinski definition) is 7. The molecule has 1 aromatic carbocycles. The van der Waals surface area contributed by atoms with E-state index in [0.717, 1.165) is 54.1 Å². The van der Waals surface area contributed by atoms with Crippen LogP contribution in [0.2, 0.25) is 0 Å². The summed E-state index contributed by atoms with van der Waals surface area (Å²) in [5.74, 6) is 1.80. The summed E-state index contributed by atoms with van der Waals surface area (Å²) in [7, 11) is 1.60. The summed E-state index contributed by atoms with van der Waals surface area (Å²) in [6.45, 7) is 3.63. The van der Waals surface area contributed by atoms with E-state index in [1.165, 1.54) is 18.5 Å². The molecule has 0 aliphatic carbocycles. The Labute approximate surface area is 185 Å². The first kappa shape index (κ1) is 20.2. The van der Waals surface area contributed by atoms with E-state index in [9.17, 15) is 4.39 Å². The van der Waals surface area contributed by atoms with Gasteiger partial charge in [-0.3, -0.25) is 0 Å². The monoisotopic (exact) mass is 433 g/mol. The summed E-state index contributed by atoms with van der Waals surface area (Å²) < 4.78 is 20.5. The number of aryl methyl sites for hydroxylation is 1. The van der Waals surface area contributed by atoms with Crippen LogP contribution in [0.4, 0.5) is 16.2 Å². The van der Waals surface area contributed by atoms with Crippen LogP contribution in [0.1, 0.15) is 18.4 Å². The van der Waals surface area contributed by atoms with E-state index < -0.39 is 0 Å². The maximum atomic E-state index is 13.6. The second kappa shape index (κ2) is 8.41. The minimum atomic E-state index is -0.242. The molecule has 5 rings (SSSR count). The topological polar surface area (TPSA) is 80.5 Å². The summed E-state index contributed by atoms with van der Waals surface area (Å²) >= 11 is 0. The molecule has 9 heteroatoms. The molecule has 4 aromatic rings. The van der Waals surface area contributed by atoms with Crippen LogP contribution in [0.15, 0.2) is 48.9 Å². The van der Waals surface area contributed by atoms with E-state index in [1.54, 1.807) is 17.7 Å². The van der Waals surface area contributed by atoms with Gasteiger partial charge in [-0.1, -0.05) is 6.07 Å². The molecule has 164 valence electrons. The van der Waals surface area contributed by atoms with Gasteiger partial charge < -0.3 is 15.0 Å². The number of ether oxygens (including phenoxy) is 1. The van der Waals surface area contributed by atoms with Crippen LogP contribution in [-0.4, -0.2) is 50.8 Å². The maximum absolute atomic E-state index is 13.6. The minimum Gasteiger partial charge on any atom is -0.481 e. The quantitative estimate of drug-likeness (QED) is 0.514. The van der Waals surface area contributed by atoms with Crippen molar-refractivity contribution in [2.75, 3.05) is 30.4 Å². The highest BCUT2D eigenvalue weighted by Gasteiger charge is 2.22. The summed E-state index contributed by atoms with van der Waals surface area (Å²) in [5.41, 5.74) is 3.49. The van der Waals surface area contributed by atoms with Gasteiger partial charge in [-0.25, -0.2) is 18.9 Å². The summed E-state index contributed by atoms with van der Waals surface area (Å²) in [6.07, 6.45) is 5.28. The number of fused-ring (bicyclic) bond motifs is 1. The highest BCUT2D eigenvalue weighted by molar-refractivity contribution is 5.79. The zero-order chi connectivity index (χ0) is 22.1. The predicted octanol–water partition coefficient (Wildman–Crippen LogP) is 3.72. The third-order valence-corrected chi connectivity index (χ3v) is 5.83. The fraction of sp³-hybridized carbons (Fsp3) is 0.304. The molecule has 0 saturated carbocycles. The lowest BCUT2D eigenvalue weighted by Gasteiger charge is -2.32. The number of pyridine rings is 1. The molecule has 0 unspecified atom stereocenters. The van der Waals surface area contributed by atoms with Crippen LogP contribution in [0.3, 0.4) is 0 Å². The second-order valence-electron chi connectivity index (χ2n) is 7.91. The molecule has 0 amide bonds. The van der Waals surface area contributed by atoms with Crippen molar-refractivity contribution < 1.29 is 9.13 Å². The lowest BCUT2D eigenvalue weighted by molar-refractivity contribution is 0.396. The molecule has 1 saturated heterocycles. The smallest absolute Gasteiger partial charge is 0.243 e. The molecule has 32 heavy (non-hydrogen) atoms. The SMILES string of the molecule is COc1cc(N2CCC(Nc3nc4c(-c5ccc(F)cc5C)cccn4n3)CC2)ncn1. The van der Waals surface area contributed by atoms with Gasteiger partial charge in [0.05, 0.1) is 7.11 Å². The van der Waals surface area contributed by atoms with Crippen molar-refractivity contribution in [3.8, 4) is 17.0 Å². The number of anilines is 2. The van der Waals surface area contributed by atoms with Crippen molar-refractivity contribution in [2.24, 2.45) is 0 Å². The number of methoxy groups -OCH3 is 1. The number of nitrogens with zero attached hydrogens (tertiary/aromatic N) is 6. The highest BCUT2D eigenvalue weighted by Crippen LogP contribution is 2.28. The van der Waals surface area contributed by atoms with Crippen molar-refractivity contribution in [1.82, 2.24) is 24.6 Å². The van der Waals surface area contributed by atoms with Gasteiger partial charge in [0.15, 0.2) is 5.65 Å². The van der Waals surface area contributed by atoms with Crippen LogP contribution in [0, 0.1) is 12.7 Å². The number of aromatic nitrogens is 5. The zero-order valence-electron chi connectivity index (χ0n) is 18.0. The Morgan fingerprint density at radius 2 is 1.94 bits per heavy atom. The van der Waals surface area contributed by atoms with E-state index >= 15 is 0 Å². The number of piperidine rings is 1. The van der Waals surface area contributed by atoms with Crippen LogP contribution in [0.25, 0.3) is 16.8 Å². The fourth-order valence-electron chi connectivity index (χ4n) is 4.16. The number of rotatable bonds is 5. The second-order valence-corrected chi connectivity index (χ2v) is 7.91. The van der Waals surface area contributed by atoms with E-state index in [2.05, 4.69) is 25.3 Å². The first-order chi connectivity index (χ1) is 15.6. The average Bonchev–Trinajstić information content (AvgIpc) is 3.22. The van der Waals surface area contributed by atoms with Gasteiger partial charge in [-0.05, 0) is 55.2 Å². The van der Waals surface area contributed by atoms with Crippen LogP contribution in [-0.2, 0) is 0 Å². The molecule has 4 heterocycles. The van der Waals surface area contributed by atoms with Crippen LogP contribution in [0.5, 0.6) is 5.88 Å². The van der Waals surface area contributed by atoms with Gasteiger partial charge in [0, 0.05) is 37.0 Å². The van der Waals surface area contributed by atoms with Gasteiger partial charge in [0.25, 0.3) is 0 Å². The standard InChI is InChI=1S/C23H24FN7O/c1-15-12-16(24)5-6-18(15)19-4-3-9-31-22(19)28-23(29-31)27-17-7-10-30(11-8-17)20-13-21(32-2)26-14-25-20/h3-6,9,12-14,17H,7-8,10-11H2,1-2H3,(H,27,29). The molecule has 1 N–H and O–H groups in total. The van der Waals surface area contributed by atoms with Crippen molar-refractivity contribution in [1.29, 1.82) is 0 Å². The lowest BCUT2D eigenvalue weighted by Crippen LogP contribution is -2.39. The van der Waals surface area contributed by atoms with Crippen LogP contribution < -0.4 is 15.0 Å².